The molecule has 0 bridgehead atoms. The summed E-state index contributed by atoms with van der Waals surface area (Å²) in [5.74, 6) is 1.23. The summed E-state index contributed by atoms with van der Waals surface area (Å²) in [5, 5.41) is 3.93. The average molecular weight is 368 g/mol. The van der Waals surface area contributed by atoms with Gasteiger partial charge in [-0.2, -0.15) is 0 Å². The lowest BCUT2D eigenvalue weighted by Crippen LogP contribution is -2.20. The summed E-state index contributed by atoms with van der Waals surface area (Å²) in [6.07, 6.45) is 1.52. The maximum absolute atomic E-state index is 6.39. The highest BCUT2D eigenvalue weighted by Gasteiger charge is 2.16. The Morgan fingerprint density at radius 1 is 1.12 bits per heavy atom. The number of nitrogen functional groups attached to an aromatic ring is 1. The van der Waals surface area contributed by atoms with E-state index in [2.05, 4.69) is 46.2 Å². The monoisotopic (exact) mass is 367 g/mol. The number of hydrogen-bond acceptors (Lipinski definition) is 5. The maximum Gasteiger partial charge on any atom is 0.161 e. The molecule has 0 unspecified atom stereocenters. The van der Waals surface area contributed by atoms with E-state index >= 15 is 0 Å². The van der Waals surface area contributed by atoms with Crippen LogP contribution >= 0.6 is 11.6 Å². The first-order valence-electron chi connectivity index (χ1n) is 8.47. The summed E-state index contributed by atoms with van der Waals surface area (Å²) >= 11 is 6.21. The van der Waals surface area contributed by atoms with Gasteiger partial charge in [0.15, 0.2) is 11.6 Å². The Morgan fingerprint density at radius 2 is 1.92 bits per heavy atom. The topological polar surface area (TPSA) is 67.1 Å². The van der Waals surface area contributed by atoms with E-state index in [4.69, 9.17) is 17.3 Å². The number of aryl methyl sites for hydroxylation is 2. The molecule has 1 aromatic heterocycles. The van der Waals surface area contributed by atoms with Gasteiger partial charge >= 0.3 is 0 Å². The Hall–Kier alpha value is -2.79. The van der Waals surface area contributed by atoms with E-state index in [1.54, 1.807) is 0 Å². The molecule has 0 fully saturated rings. The van der Waals surface area contributed by atoms with Crippen molar-refractivity contribution in [2.24, 2.45) is 0 Å². The highest BCUT2D eigenvalue weighted by molar-refractivity contribution is 6.31. The number of anilines is 5. The molecular formula is C20H22ClN5. The molecular weight excluding hydrogens is 346 g/mol. The molecule has 5 nitrogen and oxygen atoms in total. The van der Waals surface area contributed by atoms with Crippen LogP contribution in [0.4, 0.5) is 28.7 Å². The quantitative estimate of drug-likeness (QED) is 0.646. The van der Waals surface area contributed by atoms with Crippen molar-refractivity contribution >= 4 is 40.3 Å². The molecule has 3 N–H and O–H groups in total. The standard InChI is InChI=1S/C20H22ClN5/c1-4-26(16-7-5-6-13(2)10-16)20-18(22)19(23-12-24-20)25-15-9-8-14(3)17(21)11-15/h5-12H,4,22H2,1-3H3,(H,23,24,25). The van der Waals surface area contributed by atoms with Crippen LogP contribution < -0.4 is 16.0 Å². The number of nitrogens with one attached hydrogen (secondary N) is 1. The van der Waals surface area contributed by atoms with Crippen LogP contribution in [0.1, 0.15) is 18.1 Å². The van der Waals surface area contributed by atoms with Crippen molar-refractivity contribution in [1.82, 2.24) is 9.97 Å². The van der Waals surface area contributed by atoms with Gasteiger partial charge in [0.1, 0.15) is 12.0 Å². The SMILES string of the molecule is CCN(c1cccc(C)c1)c1ncnc(Nc2ccc(C)c(Cl)c2)c1N. The molecule has 0 spiro atoms. The highest BCUT2D eigenvalue weighted by Crippen LogP contribution is 2.33. The van der Waals surface area contributed by atoms with Crippen LogP contribution in [0.3, 0.4) is 0 Å². The number of halogens is 1. The highest BCUT2D eigenvalue weighted by atomic mass is 35.5. The third kappa shape index (κ3) is 3.73. The summed E-state index contributed by atoms with van der Waals surface area (Å²) in [7, 11) is 0. The maximum atomic E-state index is 6.39. The average Bonchev–Trinajstić information content (AvgIpc) is 2.62. The van der Waals surface area contributed by atoms with Crippen molar-refractivity contribution in [3.63, 3.8) is 0 Å². The zero-order valence-corrected chi connectivity index (χ0v) is 15.9. The van der Waals surface area contributed by atoms with E-state index in [1.165, 1.54) is 11.9 Å². The lowest BCUT2D eigenvalue weighted by atomic mass is 10.2. The number of nitrogens with zero attached hydrogens (tertiary/aromatic N) is 3. The molecule has 0 atom stereocenters. The molecule has 6 heteroatoms. The Kier molecular flexibility index (Phi) is 5.28. The van der Waals surface area contributed by atoms with Crippen molar-refractivity contribution in [3.05, 3.63) is 64.9 Å². The van der Waals surface area contributed by atoms with Gasteiger partial charge in [-0.05, 0) is 56.2 Å². The Bertz CT molecular complexity index is 926. The molecule has 2 aromatic carbocycles. The fourth-order valence-corrected chi connectivity index (χ4v) is 2.94. The van der Waals surface area contributed by atoms with Crippen molar-refractivity contribution in [2.45, 2.75) is 20.8 Å². The third-order valence-electron chi connectivity index (χ3n) is 4.18. The first-order chi connectivity index (χ1) is 12.5. The van der Waals surface area contributed by atoms with Gasteiger partial charge in [0.2, 0.25) is 0 Å². The molecule has 0 saturated carbocycles. The van der Waals surface area contributed by atoms with Gasteiger partial charge in [-0.3, -0.25) is 0 Å². The molecule has 0 saturated heterocycles. The Morgan fingerprint density at radius 3 is 2.62 bits per heavy atom. The molecule has 0 aliphatic carbocycles. The predicted octanol–water partition coefficient (Wildman–Crippen LogP) is 5.23. The van der Waals surface area contributed by atoms with Crippen molar-refractivity contribution in [1.29, 1.82) is 0 Å². The zero-order chi connectivity index (χ0) is 18.7. The van der Waals surface area contributed by atoms with Crippen LogP contribution in [-0.4, -0.2) is 16.5 Å². The minimum absolute atomic E-state index is 0.493. The summed E-state index contributed by atoms with van der Waals surface area (Å²) in [5.41, 5.74) is 11.0. The molecule has 0 radical (unpaired) electrons. The predicted molar refractivity (Wildman–Crippen MR) is 110 cm³/mol. The van der Waals surface area contributed by atoms with Gasteiger partial charge in [-0.25, -0.2) is 9.97 Å². The number of hydrogen-bond donors (Lipinski definition) is 2. The molecule has 1 heterocycles. The van der Waals surface area contributed by atoms with Crippen molar-refractivity contribution in [3.8, 4) is 0 Å². The van der Waals surface area contributed by atoms with E-state index in [1.807, 2.05) is 37.3 Å². The van der Waals surface area contributed by atoms with Gasteiger partial charge in [0.05, 0.1) is 0 Å². The largest absolute Gasteiger partial charge is 0.393 e. The van der Waals surface area contributed by atoms with E-state index in [0.29, 0.717) is 22.3 Å². The van der Waals surface area contributed by atoms with E-state index in [-0.39, 0.29) is 0 Å². The lowest BCUT2D eigenvalue weighted by Gasteiger charge is -2.24. The third-order valence-corrected chi connectivity index (χ3v) is 4.59. The number of rotatable bonds is 5. The van der Waals surface area contributed by atoms with Gasteiger partial charge in [-0.1, -0.05) is 29.8 Å². The minimum Gasteiger partial charge on any atom is -0.393 e. The van der Waals surface area contributed by atoms with Crippen LogP contribution in [0.5, 0.6) is 0 Å². The molecule has 0 aliphatic rings. The van der Waals surface area contributed by atoms with Crippen molar-refractivity contribution in [2.75, 3.05) is 22.5 Å². The molecule has 0 amide bonds. The summed E-state index contributed by atoms with van der Waals surface area (Å²) < 4.78 is 0. The minimum atomic E-state index is 0.493. The molecule has 3 rings (SSSR count). The second kappa shape index (κ2) is 7.62. The zero-order valence-electron chi connectivity index (χ0n) is 15.1. The fraction of sp³-hybridized carbons (Fsp3) is 0.200. The number of aromatic nitrogens is 2. The number of nitrogens with two attached hydrogens (primary N) is 1. The Labute approximate surface area is 158 Å². The first kappa shape index (κ1) is 18.0. The van der Waals surface area contributed by atoms with Crippen LogP contribution in [-0.2, 0) is 0 Å². The smallest absolute Gasteiger partial charge is 0.161 e. The van der Waals surface area contributed by atoms with Crippen LogP contribution in [0, 0.1) is 13.8 Å². The Balaban J connectivity index is 1.96. The van der Waals surface area contributed by atoms with Gasteiger partial charge in [0.25, 0.3) is 0 Å². The fourth-order valence-electron chi connectivity index (χ4n) is 2.76. The molecule has 134 valence electrons. The van der Waals surface area contributed by atoms with Gasteiger partial charge in [0, 0.05) is 22.9 Å². The number of benzene rings is 2. The van der Waals surface area contributed by atoms with Crippen LogP contribution in [0.25, 0.3) is 0 Å². The normalized spacial score (nSPS) is 10.6. The van der Waals surface area contributed by atoms with E-state index in [9.17, 15) is 0 Å². The van der Waals surface area contributed by atoms with E-state index < -0.39 is 0 Å². The van der Waals surface area contributed by atoms with Crippen LogP contribution in [0.2, 0.25) is 5.02 Å². The van der Waals surface area contributed by atoms with Crippen LogP contribution in [0.15, 0.2) is 48.8 Å². The molecule has 26 heavy (non-hydrogen) atoms. The summed E-state index contributed by atoms with van der Waals surface area (Å²) in [6.45, 7) is 6.83. The van der Waals surface area contributed by atoms with Gasteiger partial charge < -0.3 is 16.0 Å². The second-order valence-electron chi connectivity index (χ2n) is 6.13. The second-order valence-corrected chi connectivity index (χ2v) is 6.54. The lowest BCUT2D eigenvalue weighted by molar-refractivity contribution is 0.979. The summed E-state index contributed by atoms with van der Waals surface area (Å²) in [4.78, 5) is 10.8. The first-order valence-corrected chi connectivity index (χ1v) is 8.85. The van der Waals surface area contributed by atoms with E-state index in [0.717, 1.165) is 23.5 Å². The summed E-state index contributed by atoms with van der Waals surface area (Å²) in [6, 6.07) is 14.0. The molecule has 0 aliphatic heterocycles. The van der Waals surface area contributed by atoms with Gasteiger partial charge in [-0.15, -0.1) is 0 Å². The molecule has 3 aromatic rings. The van der Waals surface area contributed by atoms with Crippen molar-refractivity contribution < 1.29 is 0 Å².